The first-order valence-electron chi connectivity index (χ1n) is 6.37. The lowest BCUT2D eigenvalue weighted by Gasteiger charge is -2.28. The van der Waals surface area contributed by atoms with Crippen LogP contribution in [0.4, 0.5) is 0 Å². The molecule has 0 rings (SSSR count). The first-order valence-corrected chi connectivity index (χ1v) is 6.37. The van der Waals surface area contributed by atoms with Crippen LogP contribution in [-0.4, -0.2) is 57.2 Å². The SMILES string of the molecule is CC(O)C(=O)OC(O)(CCCCCO)OC(=O)C(C)O. The van der Waals surface area contributed by atoms with E-state index in [2.05, 4.69) is 9.47 Å². The van der Waals surface area contributed by atoms with Crippen LogP contribution in [0.5, 0.6) is 0 Å². The van der Waals surface area contributed by atoms with Crippen LogP contribution in [0.25, 0.3) is 0 Å². The predicted octanol–water partition coefficient (Wildman–Crippen LogP) is -0.967. The summed E-state index contributed by atoms with van der Waals surface area (Å²) < 4.78 is 9.10. The second-order valence-electron chi connectivity index (χ2n) is 4.44. The summed E-state index contributed by atoms with van der Waals surface area (Å²) >= 11 is 0. The third-order valence-electron chi connectivity index (χ3n) is 2.35. The number of ether oxygens (including phenoxy) is 2. The number of carbonyl (C=O) groups is 2. The molecule has 8 heteroatoms. The fraction of sp³-hybridized carbons (Fsp3) is 0.833. The minimum Gasteiger partial charge on any atom is -0.396 e. The van der Waals surface area contributed by atoms with Gasteiger partial charge in [0.15, 0.2) is 0 Å². The molecule has 0 aromatic heterocycles. The van der Waals surface area contributed by atoms with Crippen LogP contribution in [0.3, 0.4) is 0 Å². The number of hydrogen-bond donors (Lipinski definition) is 4. The lowest BCUT2D eigenvalue weighted by Crippen LogP contribution is -2.44. The van der Waals surface area contributed by atoms with Crippen molar-refractivity contribution in [1.29, 1.82) is 0 Å². The average molecular weight is 294 g/mol. The molecule has 0 fully saturated rings. The monoisotopic (exact) mass is 294 g/mol. The van der Waals surface area contributed by atoms with Crippen LogP contribution in [0.2, 0.25) is 0 Å². The van der Waals surface area contributed by atoms with E-state index in [1.807, 2.05) is 0 Å². The molecule has 0 aliphatic heterocycles. The summed E-state index contributed by atoms with van der Waals surface area (Å²) in [6.07, 6.45) is -1.93. The second-order valence-corrected chi connectivity index (χ2v) is 4.44. The molecule has 0 saturated carbocycles. The molecular formula is C12H22O8. The first-order chi connectivity index (χ1) is 9.22. The molecule has 0 heterocycles. The third kappa shape index (κ3) is 7.39. The maximum atomic E-state index is 11.3. The maximum absolute atomic E-state index is 11.3. The smallest absolute Gasteiger partial charge is 0.373 e. The van der Waals surface area contributed by atoms with Crippen LogP contribution in [0.1, 0.15) is 39.5 Å². The highest BCUT2D eigenvalue weighted by Crippen LogP contribution is 2.20. The topological polar surface area (TPSA) is 134 Å². The summed E-state index contributed by atoms with van der Waals surface area (Å²) in [5.74, 6) is -4.86. The van der Waals surface area contributed by atoms with E-state index in [0.717, 1.165) is 13.8 Å². The zero-order chi connectivity index (χ0) is 15.8. The number of esters is 2. The van der Waals surface area contributed by atoms with E-state index in [1.165, 1.54) is 0 Å². The van der Waals surface area contributed by atoms with E-state index >= 15 is 0 Å². The number of unbranched alkanes of at least 4 members (excludes halogenated alkanes) is 2. The molecule has 0 aromatic carbocycles. The van der Waals surface area contributed by atoms with Gasteiger partial charge in [0.05, 0.1) is 6.42 Å². The maximum Gasteiger partial charge on any atom is 0.373 e. The lowest BCUT2D eigenvalue weighted by atomic mass is 10.2. The number of carbonyl (C=O) groups excluding carboxylic acids is 2. The number of hydrogen-bond acceptors (Lipinski definition) is 8. The van der Waals surface area contributed by atoms with Crippen molar-refractivity contribution in [2.24, 2.45) is 0 Å². The molecule has 8 nitrogen and oxygen atoms in total. The van der Waals surface area contributed by atoms with Gasteiger partial charge in [0.1, 0.15) is 12.2 Å². The van der Waals surface area contributed by atoms with Gasteiger partial charge in [-0.15, -0.1) is 0 Å². The second kappa shape index (κ2) is 8.85. The minimum absolute atomic E-state index is 0.0284. The van der Waals surface area contributed by atoms with E-state index in [-0.39, 0.29) is 13.0 Å². The Kier molecular flexibility index (Phi) is 8.31. The summed E-state index contributed by atoms with van der Waals surface area (Å²) in [6, 6.07) is 0. The van der Waals surface area contributed by atoms with Gasteiger partial charge >= 0.3 is 17.9 Å². The zero-order valence-electron chi connectivity index (χ0n) is 11.6. The predicted molar refractivity (Wildman–Crippen MR) is 66.0 cm³/mol. The van der Waals surface area contributed by atoms with Crippen LogP contribution < -0.4 is 0 Å². The molecule has 0 amide bonds. The van der Waals surface area contributed by atoms with Crippen molar-refractivity contribution in [1.82, 2.24) is 0 Å². The molecule has 0 aromatic rings. The molecule has 0 spiro atoms. The summed E-state index contributed by atoms with van der Waals surface area (Å²) in [4.78, 5) is 22.5. The molecule has 0 aliphatic rings. The number of aliphatic hydroxyl groups excluding tert-OH is 3. The number of aliphatic hydroxyl groups is 4. The average Bonchev–Trinajstić information content (AvgIpc) is 2.34. The standard InChI is InChI=1S/C12H22O8/c1-8(14)10(16)19-12(18,6-4-3-5-7-13)20-11(17)9(2)15/h8-9,13-15,18H,3-7H2,1-2H3. The fourth-order valence-electron chi connectivity index (χ4n) is 1.24. The van der Waals surface area contributed by atoms with Crippen molar-refractivity contribution < 1.29 is 39.5 Å². The summed E-state index contributed by atoms with van der Waals surface area (Å²) in [5.41, 5.74) is 0. The zero-order valence-corrected chi connectivity index (χ0v) is 11.6. The molecule has 0 bridgehead atoms. The van der Waals surface area contributed by atoms with Gasteiger partial charge in [-0.2, -0.15) is 0 Å². The van der Waals surface area contributed by atoms with Crippen molar-refractivity contribution in [3.8, 4) is 0 Å². The van der Waals surface area contributed by atoms with Crippen molar-refractivity contribution in [3.63, 3.8) is 0 Å². The Bertz CT molecular complexity index is 291. The molecule has 118 valence electrons. The normalized spacial score (nSPS) is 16.9. The Hall–Kier alpha value is -1.22. The Morgan fingerprint density at radius 1 is 1.00 bits per heavy atom. The summed E-state index contributed by atoms with van der Waals surface area (Å²) in [7, 11) is 0. The third-order valence-corrected chi connectivity index (χ3v) is 2.35. The molecule has 2 atom stereocenters. The van der Waals surface area contributed by atoms with Crippen LogP contribution >= 0.6 is 0 Å². The Balaban J connectivity index is 4.65. The van der Waals surface area contributed by atoms with Gasteiger partial charge in [-0.25, -0.2) is 9.59 Å². The van der Waals surface area contributed by atoms with Crippen LogP contribution in [-0.2, 0) is 19.1 Å². The van der Waals surface area contributed by atoms with Gasteiger partial charge < -0.3 is 29.9 Å². The molecule has 20 heavy (non-hydrogen) atoms. The molecule has 2 unspecified atom stereocenters. The van der Waals surface area contributed by atoms with Gasteiger partial charge in [-0.1, -0.05) is 6.42 Å². The highest BCUT2D eigenvalue weighted by Gasteiger charge is 2.38. The van der Waals surface area contributed by atoms with Gasteiger partial charge in [0, 0.05) is 6.61 Å². The molecule has 4 N–H and O–H groups in total. The fourth-order valence-corrected chi connectivity index (χ4v) is 1.24. The Morgan fingerprint density at radius 2 is 1.45 bits per heavy atom. The van der Waals surface area contributed by atoms with Crippen molar-refractivity contribution in [3.05, 3.63) is 0 Å². The molecule has 0 radical (unpaired) electrons. The van der Waals surface area contributed by atoms with Gasteiger partial charge in [0.2, 0.25) is 0 Å². The van der Waals surface area contributed by atoms with Crippen LogP contribution in [0.15, 0.2) is 0 Å². The number of rotatable bonds is 9. The van der Waals surface area contributed by atoms with Gasteiger partial charge in [-0.3, -0.25) is 0 Å². The highest BCUT2D eigenvalue weighted by atomic mass is 16.8. The minimum atomic E-state index is -2.54. The lowest BCUT2D eigenvalue weighted by molar-refractivity contribution is -0.332. The van der Waals surface area contributed by atoms with Crippen molar-refractivity contribution in [2.75, 3.05) is 6.61 Å². The van der Waals surface area contributed by atoms with E-state index in [9.17, 15) is 14.7 Å². The van der Waals surface area contributed by atoms with E-state index in [4.69, 9.17) is 15.3 Å². The van der Waals surface area contributed by atoms with Crippen molar-refractivity contribution in [2.45, 2.75) is 57.7 Å². The molecular weight excluding hydrogens is 272 g/mol. The van der Waals surface area contributed by atoms with E-state index in [1.54, 1.807) is 0 Å². The Labute approximate surface area is 116 Å². The van der Waals surface area contributed by atoms with Crippen molar-refractivity contribution >= 4 is 11.9 Å². The van der Waals surface area contributed by atoms with E-state index in [0.29, 0.717) is 19.3 Å². The van der Waals surface area contributed by atoms with Gasteiger partial charge in [-0.05, 0) is 26.7 Å². The quantitative estimate of drug-likeness (QED) is 0.242. The van der Waals surface area contributed by atoms with E-state index < -0.39 is 30.1 Å². The largest absolute Gasteiger partial charge is 0.396 e. The summed E-state index contributed by atoms with van der Waals surface area (Å²) in [5, 5.41) is 36.7. The van der Waals surface area contributed by atoms with Gasteiger partial charge in [0.25, 0.3) is 0 Å². The highest BCUT2D eigenvalue weighted by molar-refractivity contribution is 5.76. The summed E-state index contributed by atoms with van der Waals surface area (Å²) in [6.45, 7) is 2.23. The molecule has 0 aliphatic carbocycles. The van der Waals surface area contributed by atoms with Crippen LogP contribution in [0, 0.1) is 0 Å². The Morgan fingerprint density at radius 3 is 1.80 bits per heavy atom. The molecule has 0 saturated heterocycles. The first kappa shape index (κ1) is 18.8.